The Hall–Kier alpha value is -2.73. The van der Waals surface area contributed by atoms with E-state index < -0.39 is 34.0 Å². The molecule has 1 aromatic heterocycles. The monoisotopic (exact) mass is 419 g/mol. The molecule has 1 aromatic carbocycles. The second-order valence-electron chi connectivity index (χ2n) is 5.16. The van der Waals surface area contributed by atoms with Gasteiger partial charge in [0.05, 0.1) is 28.8 Å². The molecule has 27 heavy (non-hydrogen) atoms. The summed E-state index contributed by atoms with van der Waals surface area (Å²) >= 11 is 6.17. The number of halogens is 3. The smallest absolute Gasteiger partial charge is 0.418 e. The summed E-state index contributed by atoms with van der Waals surface area (Å²) in [6.07, 6.45) is -4.83. The SMILES string of the molecule is COC(=O)c1cc(C)sc1NC(=S)Nc1ccc([N+](=O)[O-])cc1C(F)(F)F. The molecule has 7 nitrogen and oxygen atoms in total. The van der Waals surface area contributed by atoms with Crippen LogP contribution in [0.1, 0.15) is 20.8 Å². The van der Waals surface area contributed by atoms with Gasteiger partial charge < -0.3 is 15.4 Å². The Morgan fingerprint density at radius 3 is 2.52 bits per heavy atom. The highest BCUT2D eigenvalue weighted by molar-refractivity contribution is 7.80. The number of alkyl halides is 3. The van der Waals surface area contributed by atoms with Crippen LogP contribution in [0.25, 0.3) is 0 Å². The van der Waals surface area contributed by atoms with E-state index in [9.17, 15) is 28.1 Å². The third kappa shape index (κ3) is 4.92. The van der Waals surface area contributed by atoms with Crippen LogP contribution in [0.15, 0.2) is 24.3 Å². The van der Waals surface area contributed by atoms with Crippen LogP contribution >= 0.6 is 23.6 Å². The molecule has 0 aliphatic carbocycles. The van der Waals surface area contributed by atoms with Crippen LogP contribution in [-0.4, -0.2) is 23.1 Å². The molecule has 2 rings (SSSR count). The van der Waals surface area contributed by atoms with Crippen molar-refractivity contribution in [3.05, 3.63) is 50.4 Å². The predicted molar refractivity (Wildman–Crippen MR) is 98.3 cm³/mol. The number of carbonyl (C=O) groups is 1. The third-order valence-corrected chi connectivity index (χ3v) is 4.43. The Morgan fingerprint density at radius 1 is 1.30 bits per heavy atom. The normalized spacial score (nSPS) is 11.0. The molecule has 1 heterocycles. The minimum absolute atomic E-state index is 0.184. The maximum atomic E-state index is 13.2. The highest BCUT2D eigenvalue weighted by atomic mass is 32.1. The first-order chi connectivity index (χ1) is 12.5. The number of nitrogens with zero attached hydrogens (tertiary/aromatic N) is 1. The van der Waals surface area contributed by atoms with Gasteiger partial charge in [-0.2, -0.15) is 13.2 Å². The lowest BCUT2D eigenvalue weighted by molar-refractivity contribution is -0.385. The Labute approximate surface area is 160 Å². The number of nitro benzene ring substituents is 1. The van der Waals surface area contributed by atoms with Crippen molar-refractivity contribution in [3.8, 4) is 0 Å². The zero-order chi connectivity index (χ0) is 20.4. The number of benzene rings is 1. The summed E-state index contributed by atoms with van der Waals surface area (Å²) in [6.45, 7) is 1.73. The summed E-state index contributed by atoms with van der Waals surface area (Å²) in [4.78, 5) is 22.3. The van der Waals surface area contributed by atoms with Crippen molar-refractivity contribution in [1.29, 1.82) is 0 Å². The van der Waals surface area contributed by atoms with Gasteiger partial charge in [0.25, 0.3) is 5.69 Å². The molecule has 144 valence electrons. The van der Waals surface area contributed by atoms with Crippen LogP contribution in [0.4, 0.5) is 29.5 Å². The Bertz CT molecular complexity index is 912. The standard InChI is InChI=1S/C15H12F3N3O4S2/c1-7-5-9(13(22)25-2)12(27-7)20-14(26)19-11-4-3-8(21(23)24)6-10(11)15(16,17)18/h3-6H,1-2H3,(H2,19,20,26). The van der Waals surface area contributed by atoms with Gasteiger partial charge in [-0.1, -0.05) is 0 Å². The van der Waals surface area contributed by atoms with Crippen LogP contribution < -0.4 is 10.6 Å². The van der Waals surface area contributed by atoms with Crippen molar-refractivity contribution in [2.45, 2.75) is 13.1 Å². The number of nitrogens with one attached hydrogen (secondary N) is 2. The van der Waals surface area contributed by atoms with E-state index in [4.69, 9.17) is 12.2 Å². The minimum atomic E-state index is -4.83. The van der Waals surface area contributed by atoms with Gasteiger partial charge in [-0.05, 0) is 31.3 Å². The molecule has 0 amide bonds. The molecule has 0 aliphatic rings. The van der Waals surface area contributed by atoms with Gasteiger partial charge in [0.1, 0.15) is 5.00 Å². The van der Waals surface area contributed by atoms with E-state index in [1.165, 1.54) is 7.11 Å². The number of thiophene rings is 1. The van der Waals surface area contributed by atoms with Crippen LogP contribution in [0.3, 0.4) is 0 Å². The second-order valence-corrected chi connectivity index (χ2v) is 6.82. The minimum Gasteiger partial charge on any atom is -0.465 e. The average molecular weight is 419 g/mol. The molecule has 0 saturated heterocycles. The molecule has 0 saturated carbocycles. The van der Waals surface area contributed by atoms with Gasteiger partial charge in [0.2, 0.25) is 0 Å². The van der Waals surface area contributed by atoms with Gasteiger partial charge in [-0.25, -0.2) is 4.79 Å². The van der Waals surface area contributed by atoms with Crippen LogP contribution in [0.5, 0.6) is 0 Å². The van der Waals surface area contributed by atoms with Crippen molar-refractivity contribution in [1.82, 2.24) is 0 Å². The molecule has 0 unspecified atom stereocenters. The number of carbonyl (C=O) groups excluding carboxylic acids is 1. The zero-order valence-electron chi connectivity index (χ0n) is 13.8. The highest BCUT2D eigenvalue weighted by Crippen LogP contribution is 2.37. The van der Waals surface area contributed by atoms with Crippen molar-refractivity contribution in [2.24, 2.45) is 0 Å². The summed E-state index contributed by atoms with van der Waals surface area (Å²) in [7, 11) is 1.20. The number of aryl methyl sites for hydroxylation is 1. The van der Waals surface area contributed by atoms with Gasteiger partial charge >= 0.3 is 12.1 Å². The zero-order valence-corrected chi connectivity index (χ0v) is 15.5. The summed E-state index contributed by atoms with van der Waals surface area (Å²) in [5.74, 6) is -0.629. The van der Waals surface area contributed by atoms with Gasteiger partial charge in [-0.15, -0.1) is 11.3 Å². The van der Waals surface area contributed by atoms with Crippen molar-refractivity contribution in [3.63, 3.8) is 0 Å². The molecular weight excluding hydrogens is 407 g/mol. The largest absolute Gasteiger partial charge is 0.465 e. The molecule has 2 aromatic rings. The maximum absolute atomic E-state index is 13.2. The third-order valence-electron chi connectivity index (χ3n) is 3.26. The van der Waals surface area contributed by atoms with Crippen molar-refractivity contribution in [2.75, 3.05) is 17.7 Å². The first kappa shape index (κ1) is 20.6. The number of esters is 1. The Morgan fingerprint density at radius 2 is 1.96 bits per heavy atom. The van der Waals surface area contributed by atoms with Gasteiger partial charge in [0, 0.05) is 17.0 Å². The molecule has 0 bridgehead atoms. The molecule has 0 radical (unpaired) electrons. The van der Waals surface area contributed by atoms with E-state index in [0.29, 0.717) is 11.1 Å². The van der Waals surface area contributed by atoms with Gasteiger partial charge in [0.15, 0.2) is 5.11 Å². The van der Waals surface area contributed by atoms with E-state index >= 15 is 0 Å². The molecule has 0 spiro atoms. The van der Waals surface area contributed by atoms with E-state index in [2.05, 4.69) is 15.4 Å². The quantitative estimate of drug-likeness (QED) is 0.324. The van der Waals surface area contributed by atoms with Crippen molar-refractivity contribution < 1.29 is 27.6 Å². The number of thiocarbonyl (C=S) groups is 1. The number of hydrogen-bond acceptors (Lipinski definition) is 6. The summed E-state index contributed by atoms with van der Waals surface area (Å²) in [6, 6.07) is 3.81. The molecule has 2 N–H and O–H groups in total. The molecular formula is C15H12F3N3O4S2. The van der Waals surface area contributed by atoms with Crippen LogP contribution in [-0.2, 0) is 10.9 Å². The van der Waals surface area contributed by atoms with Gasteiger partial charge in [-0.3, -0.25) is 10.1 Å². The summed E-state index contributed by atoms with van der Waals surface area (Å²) < 4.78 is 44.2. The fourth-order valence-electron chi connectivity index (χ4n) is 2.11. The first-order valence-corrected chi connectivity index (χ1v) is 8.37. The number of anilines is 2. The predicted octanol–water partition coefficient (Wildman–Crippen LogP) is 4.58. The highest BCUT2D eigenvalue weighted by Gasteiger charge is 2.35. The lowest BCUT2D eigenvalue weighted by atomic mass is 10.1. The van der Waals surface area contributed by atoms with E-state index in [-0.39, 0.29) is 10.7 Å². The Balaban J connectivity index is 2.29. The van der Waals surface area contributed by atoms with Crippen molar-refractivity contribution >= 4 is 51.0 Å². The fraction of sp³-hybridized carbons (Fsp3) is 0.200. The van der Waals surface area contributed by atoms with Crippen LogP contribution in [0.2, 0.25) is 0 Å². The molecule has 0 fully saturated rings. The second kappa shape index (κ2) is 7.88. The average Bonchev–Trinajstić information content (AvgIpc) is 2.93. The summed E-state index contributed by atoms with van der Waals surface area (Å²) in [5, 5.41) is 15.8. The molecule has 12 heteroatoms. The fourth-order valence-corrected chi connectivity index (χ4v) is 3.30. The lowest BCUT2D eigenvalue weighted by Crippen LogP contribution is -2.22. The summed E-state index contributed by atoms with van der Waals surface area (Å²) in [5.41, 5.74) is -2.22. The molecule has 0 aliphatic heterocycles. The van der Waals surface area contributed by atoms with E-state index in [1.54, 1.807) is 13.0 Å². The van der Waals surface area contributed by atoms with Crippen LogP contribution in [0, 0.1) is 17.0 Å². The van der Waals surface area contributed by atoms with E-state index in [1.807, 2.05) is 0 Å². The Kier molecular flexibility index (Phi) is 6.01. The lowest BCUT2D eigenvalue weighted by Gasteiger charge is -2.15. The van der Waals surface area contributed by atoms with E-state index in [0.717, 1.165) is 28.3 Å². The number of non-ortho nitro benzene ring substituents is 1. The number of hydrogen-bond donors (Lipinski definition) is 2. The molecule has 0 atom stereocenters. The number of nitro groups is 1. The maximum Gasteiger partial charge on any atom is 0.418 e. The topological polar surface area (TPSA) is 93.5 Å². The number of ether oxygens (including phenoxy) is 1. The first-order valence-electron chi connectivity index (χ1n) is 7.15. The number of rotatable bonds is 4. The number of methoxy groups -OCH3 is 1.